The molecule has 104 valence electrons. The number of nitrogens with zero attached hydrogens (tertiary/aromatic N) is 2. The Morgan fingerprint density at radius 3 is 3.00 bits per heavy atom. The monoisotopic (exact) mass is 309 g/mol. The number of benzene rings is 1. The van der Waals surface area contributed by atoms with Gasteiger partial charge in [-0.2, -0.15) is 0 Å². The fourth-order valence-corrected chi connectivity index (χ4v) is 2.96. The Labute approximate surface area is 124 Å². The van der Waals surface area contributed by atoms with Crippen molar-refractivity contribution in [2.24, 2.45) is 0 Å². The number of amides is 1. The molecule has 0 atom stereocenters. The van der Waals surface area contributed by atoms with Gasteiger partial charge < -0.3 is 5.32 Å². The molecule has 1 N–H and O–H groups in total. The average molecular weight is 309 g/mol. The molecule has 2 rings (SSSR count). The van der Waals surface area contributed by atoms with Gasteiger partial charge in [0, 0.05) is 5.75 Å². The number of carbonyl (C=O) groups excluding carboxylic acids is 1. The maximum atomic E-state index is 13.4. The van der Waals surface area contributed by atoms with E-state index < -0.39 is 0 Å². The number of rotatable bonds is 6. The summed E-state index contributed by atoms with van der Waals surface area (Å²) in [4.78, 5) is 11.8. The number of halogens is 1. The van der Waals surface area contributed by atoms with Gasteiger partial charge in [-0.3, -0.25) is 4.79 Å². The minimum atomic E-state index is -0.387. The fraction of sp³-hybridized carbons (Fsp3) is 0.154. The van der Waals surface area contributed by atoms with E-state index in [1.54, 1.807) is 24.3 Å². The van der Waals surface area contributed by atoms with Crippen LogP contribution in [0, 0.1) is 5.82 Å². The number of anilines is 1. The number of hydrogen-bond acceptors (Lipinski definition) is 5. The van der Waals surface area contributed by atoms with E-state index in [1.165, 1.54) is 29.2 Å². The normalized spacial score (nSPS) is 10.2. The molecule has 0 bridgehead atoms. The summed E-state index contributed by atoms with van der Waals surface area (Å²) in [7, 11) is 0. The third-order valence-electron chi connectivity index (χ3n) is 2.29. The molecular formula is C13H12FN3OS2. The number of carbonyl (C=O) groups is 1. The lowest BCUT2D eigenvalue weighted by Crippen LogP contribution is -2.15. The van der Waals surface area contributed by atoms with E-state index in [1.807, 2.05) is 0 Å². The molecule has 1 aromatic carbocycles. The molecular weight excluding hydrogens is 297 g/mol. The van der Waals surface area contributed by atoms with Crippen LogP contribution in [0.4, 0.5) is 9.52 Å². The van der Waals surface area contributed by atoms with Crippen LogP contribution in [0.5, 0.6) is 0 Å². The third-order valence-corrected chi connectivity index (χ3v) is 4.25. The molecule has 7 heteroatoms. The topological polar surface area (TPSA) is 54.9 Å². The standard InChI is InChI=1S/C13H12FN3OS2/c1-2-7-19-13-17-16-12(20-13)15-11(18)8-9-5-3-4-6-10(9)14/h2-6H,1,7-8H2,(H,15,16,18). The van der Waals surface area contributed by atoms with Crippen LogP contribution in [0.25, 0.3) is 0 Å². The number of aromatic nitrogens is 2. The zero-order valence-electron chi connectivity index (χ0n) is 10.5. The average Bonchev–Trinajstić information content (AvgIpc) is 2.86. The summed E-state index contributed by atoms with van der Waals surface area (Å²) in [6, 6.07) is 6.20. The van der Waals surface area contributed by atoms with Crippen molar-refractivity contribution in [3.05, 3.63) is 48.3 Å². The third kappa shape index (κ3) is 4.14. The first-order valence-electron chi connectivity index (χ1n) is 5.79. The summed E-state index contributed by atoms with van der Waals surface area (Å²) in [5.74, 6) is 0.0336. The first-order chi connectivity index (χ1) is 9.69. The maximum absolute atomic E-state index is 13.4. The summed E-state index contributed by atoms with van der Waals surface area (Å²) in [6.07, 6.45) is 1.74. The van der Waals surface area contributed by atoms with E-state index in [9.17, 15) is 9.18 Å². The van der Waals surface area contributed by atoms with Gasteiger partial charge in [-0.1, -0.05) is 47.4 Å². The van der Waals surface area contributed by atoms with E-state index >= 15 is 0 Å². The smallest absolute Gasteiger partial charge is 0.230 e. The Morgan fingerprint density at radius 2 is 2.25 bits per heavy atom. The molecule has 0 aliphatic rings. The van der Waals surface area contributed by atoms with Gasteiger partial charge in [0.05, 0.1) is 6.42 Å². The first kappa shape index (κ1) is 14.7. The SMILES string of the molecule is C=CCSc1nnc(NC(=O)Cc2ccccc2F)s1. The van der Waals surface area contributed by atoms with Crippen molar-refractivity contribution in [3.8, 4) is 0 Å². The lowest BCUT2D eigenvalue weighted by Gasteiger charge is -2.02. The quantitative estimate of drug-likeness (QED) is 0.506. The number of hydrogen-bond donors (Lipinski definition) is 1. The molecule has 0 saturated carbocycles. The predicted molar refractivity (Wildman–Crippen MR) is 79.6 cm³/mol. The lowest BCUT2D eigenvalue weighted by molar-refractivity contribution is -0.115. The minimum absolute atomic E-state index is 0.0264. The molecule has 0 spiro atoms. The van der Waals surface area contributed by atoms with Crippen LogP contribution in [-0.2, 0) is 11.2 Å². The van der Waals surface area contributed by atoms with Gasteiger partial charge in [-0.25, -0.2) is 4.39 Å². The first-order valence-corrected chi connectivity index (χ1v) is 7.59. The van der Waals surface area contributed by atoms with Crippen LogP contribution in [-0.4, -0.2) is 21.9 Å². The molecule has 1 heterocycles. The Kier molecular flexibility index (Phi) is 5.25. The van der Waals surface area contributed by atoms with Crippen molar-refractivity contribution in [3.63, 3.8) is 0 Å². The number of thioether (sulfide) groups is 1. The van der Waals surface area contributed by atoms with Crippen LogP contribution in [0.15, 0.2) is 41.3 Å². The second-order valence-corrected chi connectivity index (χ2v) is 6.03. The van der Waals surface area contributed by atoms with Gasteiger partial charge in [0.25, 0.3) is 0 Å². The van der Waals surface area contributed by atoms with Gasteiger partial charge in [-0.15, -0.1) is 16.8 Å². The Bertz CT molecular complexity index is 615. The second kappa shape index (κ2) is 7.16. The van der Waals surface area contributed by atoms with Crippen LogP contribution in [0.3, 0.4) is 0 Å². The van der Waals surface area contributed by atoms with Gasteiger partial charge in [-0.05, 0) is 11.6 Å². The molecule has 0 aliphatic heterocycles. The molecule has 2 aromatic rings. The van der Waals surface area contributed by atoms with Crippen LogP contribution in [0.1, 0.15) is 5.56 Å². The molecule has 0 fully saturated rings. The highest BCUT2D eigenvalue weighted by Gasteiger charge is 2.11. The zero-order chi connectivity index (χ0) is 14.4. The highest BCUT2D eigenvalue weighted by Crippen LogP contribution is 2.25. The second-order valence-electron chi connectivity index (χ2n) is 3.79. The van der Waals surface area contributed by atoms with Crippen molar-refractivity contribution >= 4 is 34.1 Å². The van der Waals surface area contributed by atoms with E-state index in [-0.39, 0.29) is 18.1 Å². The zero-order valence-corrected chi connectivity index (χ0v) is 12.1. The highest BCUT2D eigenvalue weighted by molar-refractivity contribution is 8.01. The van der Waals surface area contributed by atoms with Gasteiger partial charge >= 0.3 is 0 Å². The van der Waals surface area contributed by atoms with E-state index in [2.05, 4.69) is 22.1 Å². The molecule has 4 nitrogen and oxygen atoms in total. The fourth-order valence-electron chi connectivity index (χ4n) is 1.43. The van der Waals surface area contributed by atoms with Crippen LogP contribution < -0.4 is 5.32 Å². The van der Waals surface area contributed by atoms with Crippen LogP contribution >= 0.6 is 23.1 Å². The Hall–Kier alpha value is -1.73. The highest BCUT2D eigenvalue weighted by atomic mass is 32.2. The Balaban J connectivity index is 1.93. The van der Waals surface area contributed by atoms with Crippen molar-refractivity contribution in [2.45, 2.75) is 10.8 Å². The molecule has 0 saturated heterocycles. The molecule has 0 radical (unpaired) electrons. The summed E-state index contributed by atoms with van der Waals surface area (Å²) in [5, 5.41) is 10.8. The summed E-state index contributed by atoms with van der Waals surface area (Å²) in [6.45, 7) is 3.62. The molecule has 20 heavy (non-hydrogen) atoms. The van der Waals surface area contributed by atoms with E-state index in [0.29, 0.717) is 10.7 Å². The lowest BCUT2D eigenvalue weighted by atomic mass is 10.1. The van der Waals surface area contributed by atoms with Crippen molar-refractivity contribution < 1.29 is 9.18 Å². The van der Waals surface area contributed by atoms with E-state index in [4.69, 9.17) is 0 Å². The Morgan fingerprint density at radius 1 is 1.45 bits per heavy atom. The summed E-state index contributed by atoms with van der Waals surface area (Å²) in [5.41, 5.74) is 0.357. The maximum Gasteiger partial charge on any atom is 0.230 e. The molecule has 0 aliphatic carbocycles. The van der Waals surface area contributed by atoms with E-state index in [0.717, 1.165) is 10.1 Å². The number of nitrogens with one attached hydrogen (secondary N) is 1. The molecule has 1 amide bonds. The van der Waals surface area contributed by atoms with Gasteiger partial charge in [0.1, 0.15) is 5.82 Å². The minimum Gasteiger partial charge on any atom is -0.300 e. The van der Waals surface area contributed by atoms with Crippen molar-refractivity contribution in [1.82, 2.24) is 10.2 Å². The predicted octanol–water partition coefficient (Wildman–Crippen LogP) is 3.14. The van der Waals surface area contributed by atoms with Crippen molar-refractivity contribution in [1.29, 1.82) is 0 Å². The summed E-state index contributed by atoms with van der Waals surface area (Å²) >= 11 is 2.77. The van der Waals surface area contributed by atoms with Crippen LogP contribution in [0.2, 0.25) is 0 Å². The molecule has 0 unspecified atom stereocenters. The van der Waals surface area contributed by atoms with Gasteiger partial charge in [0.15, 0.2) is 4.34 Å². The largest absolute Gasteiger partial charge is 0.300 e. The van der Waals surface area contributed by atoms with Crippen molar-refractivity contribution in [2.75, 3.05) is 11.1 Å². The van der Waals surface area contributed by atoms with Gasteiger partial charge in [0.2, 0.25) is 11.0 Å². The molecule has 1 aromatic heterocycles. The summed E-state index contributed by atoms with van der Waals surface area (Å²) < 4.78 is 14.2.